The Morgan fingerprint density at radius 3 is 2.71 bits per heavy atom. The molecule has 3 heteroatoms. The molecule has 1 saturated carbocycles. The topological polar surface area (TPSA) is 20.3 Å². The molecule has 0 amide bonds. The van der Waals surface area contributed by atoms with Crippen molar-refractivity contribution in [1.29, 1.82) is 0 Å². The minimum Gasteiger partial charge on any atom is -0.293 e. The summed E-state index contributed by atoms with van der Waals surface area (Å²) in [4.78, 5) is 16.3. The van der Waals surface area contributed by atoms with E-state index in [1.54, 1.807) is 11.3 Å². The zero-order valence-corrected chi connectivity index (χ0v) is 13.5. The van der Waals surface area contributed by atoms with Crippen molar-refractivity contribution in [2.24, 2.45) is 0 Å². The first kappa shape index (κ1) is 14.5. The number of aryl methyl sites for hydroxylation is 2. The number of benzene rings is 1. The summed E-state index contributed by atoms with van der Waals surface area (Å²) < 4.78 is 0. The lowest BCUT2D eigenvalue weighted by atomic mass is 10.0. The molecule has 0 saturated heterocycles. The average molecular weight is 299 g/mol. The summed E-state index contributed by atoms with van der Waals surface area (Å²) in [6.07, 6.45) is 2.46. The van der Waals surface area contributed by atoms with Crippen LogP contribution < -0.4 is 0 Å². The predicted octanol–water partition coefficient (Wildman–Crippen LogP) is 4.21. The summed E-state index contributed by atoms with van der Waals surface area (Å²) in [7, 11) is 0. The Hall–Kier alpha value is -1.45. The fraction of sp³-hybridized carbons (Fsp3) is 0.389. The van der Waals surface area contributed by atoms with Crippen LogP contribution in [0.4, 0.5) is 0 Å². The molecule has 1 aromatic heterocycles. The van der Waals surface area contributed by atoms with Crippen LogP contribution in [0.2, 0.25) is 0 Å². The highest BCUT2D eigenvalue weighted by molar-refractivity contribution is 7.09. The lowest BCUT2D eigenvalue weighted by Gasteiger charge is -2.21. The summed E-state index contributed by atoms with van der Waals surface area (Å²) in [5.74, 6) is 0.246. The third-order valence-corrected chi connectivity index (χ3v) is 4.89. The zero-order valence-electron chi connectivity index (χ0n) is 12.6. The van der Waals surface area contributed by atoms with Crippen molar-refractivity contribution in [2.75, 3.05) is 6.54 Å². The monoisotopic (exact) mass is 299 g/mol. The number of hydrogen-bond donors (Lipinski definition) is 0. The summed E-state index contributed by atoms with van der Waals surface area (Å²) in [5.41, 5.74) is 3.17. The van der Waals surface area contributed by atoms with E-state index in [0.29, 0.717) is 12.6 Å². The van der Waals surface area contributed by atoms with E-state index in [1.807, 2.05) is 19.1 Å². The van der Waals surface area contributed by atoms with Gasteiger partial charge in [0, 0.05) is 23.0 Å². The molecule has 1 fully saturated rings. The van der Waals surface area contributed by atoms with Gasteiger partial charge >= 0.3 is 0 Å². The first-order valence-electron chi connectivity index (χ1n) is 7.50. The third-order valence-electron chi connectivity index (χ3n) is 4.03. The Morgan fingerprint density at radius 2 is 2.10 bits per heavy atom. The molecule has 3 rings (SSSR count). The van der Waals surface area contributed by atoms with Gasteiger partial charge in [0.2, 0.25) is 0 Å². The molecule has 0 N–H and O–H groups in total. The number of carbonyl (C=O) groups excluding carboxylic acids is 1. The molecule has 0 aliphatic heterocycles. The van der Waals surface area contributed by atoms with Gasteiger partial charge in [-0.1, -0.05) is 29.8 Å². The van der Waals surface area contributed by atoms with E-state index in [0.717, 1.165) is 17.7 Å². The van der Waals surface area contributed by atoms with Gasteiger partial charge in [-0.05, 0) is 43.7 Å². The smallest absolute Gasteiger partial charge is 0.177 e. The lowest BCUT2D eigenvalue weighted by Crippen LogP contribution is -2.31. The number of ketones is 1. The maximum atomic E-state index is 12.6. The number of nitrogens with zero attached hydrogens (tertiary/aromatic N) is 1. The molecule has 0 unspecified atom stereocenters. The van der Waals surface area contributed by atoms with Gasteiger partial charge in [-0.15, -0.1) is 11.3 Å². The third kappa shape index (κ3) is 3.60. The van der Waals surface area contributed by atoms with E-state index in [2.05, 4.69) is 35.4 Å². The van der Waals surface area contributed by atoms with Gasteiger partial charge in [-0.3, -0.25) is 9.69 Å². The normalized spacial score (nSPS) is 14.6. The number of thiophene rings is 1. The van der Waals surface area contributed by atoms with Crippen LogP contribution in [0.3, 0.4) is 0 Å². The summed E-state index contributed by atoms with van der Waals surface area (Å²) in [6, 6.07) is 10.9. The van der Waals surface area contributed by atoms with Crippen molar-refractivity contribution in [3.8, 4) is 0 Å². The Balaban J connectivity index is 1.71. The van der Waals surface area contributed by atoms with Gasteiger partial charge in [-0.25, -0.2) is 0 Å². The minimum absolute atomic E-state index is 0.246. The molecule has 2 aromatic rings. The van der Waals surface area contributed by atoms with Crippen LogP contribution in [0.1, 0.15) is 39.2 Å². The van der Waals surface area contributed by atoms with Crippen molar-refractivity contribution in [1.82, 2.24) is 4.90 Å². The lowest BCUT2D eigenvalue weighted by molar-refractivity contribution is 0.0919. The molecule has 1 aliphatic carbocycles. The first-order chi connectivity index (χ1) is 10.1. The van der Waals surface area contributed by atoms with Crippen molar-refractivity contribution in [3.63, 3.8) is 0 Å². The molecular weight excluding hydrogens is 278 g/mol. The van der Waals surface area contributed by atoms with Crippen LogP contribution in [0.15, 0.2) is 35.7 Å². The minimum atomic E-state index is 0.246. The second-order valence-corrected chi connectivity index (χ2v) is 6.99. The molecule has 21 heavy (non-hydrogen) atoms. The van der Waals surface area contributed by atoms with Crippen LogP contribution in [0.5, 0.6) is 0 Å². The number of rotatable bonds is 6. The van der Waals surface area contributed by atoms with E-state index >= 15 is 0 Å². The molecule has 1 aliphatic rings. The van der Waals surface area contributed by atoms with E-state index < -0.39 is 0 Å². The number of carbonyl (C=O) groups is 1. The second-order valence-electron chi connectivity index (χ2n) is 5.96. The quantitative estimate of drug-likeness (QED) is 0.745. The van der Waals surface area contributed by atoms with Crippen molar-refractivity contribution in [3.05, 3.63) is 57.3 Å². The Kier molecular flexibility index (Phi) is 4.22. The standard InChI is InChI=1S/C18H21NOS/c1-13-5-8-17(14(2)10-13)18(20)12-19(15-6-7-15)11-16-4-3-9-21-16/h3-5,8-10,15H,6-7,11-12H2,1-2H3. The van der Waals surface area contributed by atoms with Crippen molar-refractivity contribution in [2.45, 2.75) is 39.3 Å². The molecule has 1 aromatic carbocycles. The highest BCUT2D eigenvalue weighted by Gasteiger charge is 2.30. The van der Waals surface area contributed by atoms with Crippen LogP contribution in [-0.2, 0) is 6.54 Å². The van der Waals surface area contributed by atoms with Gasteiger partial charge < -0.3 is 0 Å². The second kappa shape index (κ2) is 6.12. The maximum Gasteiger partial charge on any atom is 0.177 e. The van der Waals surface area contributed by atoms with Gasteiger partial charge in [0.05, 0.1) is 6.54 Å². The average Bonchev–Trinajstić information content (AvgIpc) is 3.16. The van der Waals surface area contributed by atoms with Crippen molar-refractivity contribution >= 4 is 17.1 Å². The number of hydrogen-bond acceptors (Lipinski definition) is 3. The number of Topliss-reactive ketones (excluding diaryl/α,β-unsaturated/α-hetero) is 1. The molecule has 0 atom stereocenters. The molecule has 0 spiro atoms. The van der Waals surface area contributed by atoms with Crippen molar-refractivity contribution < 1.29 is 4.79 Å². The highest BCUT2D eigenvalue weighted by Crippen LogP contribution is 2.29. The SMILES string of the molecule is Cc1ccc(C(=O)CN(Cc2cccs2)C2CC2)c(C)c1. The van der Waals surface area contributed by atoms with Gasteiger partial charge in [0.25, 0.3) is 0 Å². The van der Waals surface area contributed by atoms with Gasteiger partial charge in [0.15, 0.2) is 5.78 Å². The zero-order chi connectivity index (χ0) is 14.8. The Bertz CT molecular complexity index is 629. The Morgan fingerprint density at radius 1 is 1.29 bits per heavy atom. The molecular formula is C18H21NOS. The fourth-order valence-electron chi connectivity index (χ4n) is 2.75. The maximum absolute atomic E-state index is 12.6. The van der Waals surface area contributed by atoms with Crippen LogP contribution in [-0.4, -0.2) is 23.3 Å². The van der Waals surface area contributed by atoms with E-state index in [1.165, 1.54) is 23.3 Å². The fourth-order valence-corrected chi connectivity index (χ4v) is 3.48. The Labute approximate surface area is 130 Å². The summed E-state index contributed by atoms with van der Waals surface area (Å²) in [5, 5.41) is 2.10. The highest BCUT2D eigenvalue weighted by atomic mass is 32.1. The summed E-state index contributed by atoms with van der Waals surface area (Å²) >= 11 is 1.77. The first-order valence-corrected chi connectivity index (χ1v) is 8.38. The molecule has 2 nitrogen and oxygen atoms in total. The predicted molar refractivity (Wildman–Crippen MR) is 88.0 cm³/mol. The van der Waals surface area contributed by atoms with E-state index in [9.17, 15) is 4.79 Å². The van der Waals surface area contributed by atoms with Gasteiger partial charge in [0.1, 0.15) is 0 Å². The largest absolute Gasteiger partial charge is 0.293 e. The molecule has 0 bridgehead atoms. The van der Waals surface area contributed by atoms with E-state index in [4.69, 9.17) is 0 Å². The van der Waals surface area contributed by atoms with Crippen LogP contribution in [0.25, 0.3) is 0 Å². The molecule has 0 radical (unpaired) electrons. The summed E-state index contributed by atoms with van der Waals surface area (Å²) in [6.45, 7) is 5.53. The molecule has 1 heterocycles. The van der Waals surface area contributed by atoms with E-state index in [-0.39, 0.29) is 5.78 Å². The van der Waals surface area contributed by atoms with Crippen LogP contribution >= 0.6 is 11.3 Å². The van der Waals surface area contributed by atoms with Gasteiger partial charge in [-0.2, -0.15) is 0 Å². The van der Waals surface area contributed by atoms with Crippen LogP contribution in [0, 0.1) is 13.8 Å². The molecule has 110 valence electrons.